The highest BCUT2D eigenvalue weighted by Crippen LogP contribution is 2.28. The lowest BCUT2D eigenvalue weighted by molar-refractivity contribution is 0.000794. The van der Waals surface area contributed by atoms with Crippen molar-refractivity contribution < 1.29 is 4.74 Å². The fraction of sp³-hybridized carbons (Fsp3) is 0.500. The van der Waals surface area contributed by atoms with Gasteiger partial charge in [0.1, 0.15) is 5.82 Å². The van der Waals surface area contributed by atoms with E-state index in [0.717, 1.165) is 50.8 Å². The Kier molecular flexibility index (Phi) is 4.57. The van der Waals surface area contributed by atoms with Crippen LogP contribution in [0.2, 0.25) is 0 Å². The Morgan fingerprint density at radius 2 is 1.84 bits per heavy atom. The topological polar surface area (TPSA) is 41.5 Å². The van der Waals surface area contributed by atoms with Crippen LogP contribution in [0.5, 0.6) is 0 Å². The number of ether oxygens (including phenoxy) is 1. The number of fused-ring (bicyclic) bond motifs is 1. The van der Waals surface area contributed by atoms with Crippen molar-refractivity contribution in [1.82, 2.24) is 9.97 Å². The van der Waals surface area contributed by atoms with Gasteiger partial charge in [-0.1, -0.05) is 24.3 Å². The molecule has 1 atom stereocenters. The van der Waals surface area contributed by atoms with Crippen molar-refractivity contribution in [3.8, 4) is 0 Å². The quantitative estimate of drug-likeness (QED) is 0.855. The second-order valence-electron chi connectivity index (χ2n) is 7.23. The molecule has 0 spiro atoms. The molecule has 5 nitrogen and oxygen atoms in total. The molecule has 0 aliphatic carbocycles. The zero-order chi connectivity index (χ0) is 17.2. The molecular weight excluding hydrogens is 312 g/mol. The molecule has 0 N–H and O–H groups in total. The number of piperidine rings is 1. The van der Waals surface area contributed by atoms with E-state index in [0.29, 0.717) is 0 Å². The molecule has 0 radical (unpaired) electrons. The molecule has 2 aliphatic rings. The molecule has 25 heavy (non-hydrogen) atoms. The lowest BCUT2D eigenvalue weighted by Gasteiger charge is -2.34. The lowest BCUT2D eigenvalue weighted by Crippen LogP contribution is -2.41. The highest BCUT2D eigenvalue weighted by Gasteiger charge is 2.25. The summed E-state index contributed by atoms with van der Waals surface area (Å²) in [7, 11) is 0. The highest BCUT2D eigenvalue weighted by molar-refractivity contribution is 5.49. The summed E-state index contributed by atoms with van der Waals surface area (Å²) in [5.41, 5.74) is 2.79. The SMILES string of the molecule is CC(C)OC1CCCN(c2nccc(N3Cc4ccccc4C3)n2)C1. The predicted molar refractivity (Wildman–Crippen MR) is 99.8 cm³/mol. The molecule has 1 aromatic carbocycles. The Balaban J connectivity index is 1.49. The van der Waals surface area contributed by atoms with Gasteiger partial charge in [0, 0.05) is 32.4 Å². The molecule has 4 rings (SSSR count). The van der Waals surface area contributed by atoms with E-state index in [2.05, 4.69) is 52.9 Å². The van der Waals surface area contributed by atoms with Crippen molar-refractivity contribution in [3.63, 3.8) is 0 Å². The largest absolute Gasteiger partial charge is 0.374 e. The number of nitrogens with zero attached hydrogens (tertiary/aromatic N) is 4. The number of benzene rings is 1. The van der Waals surface area contributed by atoms with Crippen LogP contribution in [-0.4, -0.2) is 35.3 Å². The molecule has 1 unspecified atom stereocenters. The number of rotatable bonds is 4. The van der Waals surface area contributed by atoms with Crippen LogP contribution in [0.3, 0.4) is 0 Å². The summed E-state index contributed by atoms with van der Waals surface area (Å²) in [5.74, 6) is 1.83. The first-order valence-corrected chi connectivity index (χ1v) is 9.24. The Hall–Kier alpha value is -2.14. The average molecular weight is 338 g/mol. The normalized spacial score (nSPS) is 20.2. The van der Waals surface area contributed by atoms with Crippen LogP contribution in [-0.2, 0) is 17.8 Å². The Morgan fingerprint density at radius 1 is 1.08 bits per heavy atom. The van der Waals surface area contributed by atoms with Gasteiger partial charge in [-0.15, -0.1) is 0 Å². The van der Waals surface area contributed by atoms with Gasteiger partial charge in [-0.3, -0.25) is 0 Å². The third-order valence-corrected chi connectivity index (χ3v) is 4.92. The van der Waals surface area contributed by atoms with Crippen LogP contribution < -0.4 is 9.80 Å². The monoisotopic (exact) mass is 338 g/mol. The van der Waals surface area contributed by atoms with Crippen LogP contribution in [0.25, 0.3) is 0 Å². The summed E-state index contributed by atoms with van der Waals surface area (Å²) >= 11 is 0. The van der Waals surface area contributed by atoms with E-state index in [1.54, 1.807) is 0 Å². The zero-order valence-corrected chi connectivity index (χ0v) is 15.1. The summed E-state index contributed by atoms with van der Waals surface area (Å²) in [4.78, 5) is 14.0. The first-order valence-electron chi connectivity index (χ1n) is 9.24. The van der Waals surface area contributed by atoms with Gasteiger partial charge in [0.15, 0.2) is 0 Å². The second kappa shape index (κ2) is 7.00. The fourth-order valence-electron chi connectivity index (χ4n) is 3.78. The predicted octanol–water partition coefficient (Wildman–Crippen LogP) is 3.39. The van der Waals surface area contributed by atoms with E-state index in [-0.39, 0.29) is 12.2 Å². The van der Waals surface area contributed by atoms with Crippen LogP contribution >= 0.6 is 0 Å². The zero-order valence-electron chi connectivity index (χ0n) is 15.1. The summed E-state index contributed by atoms with van der Waals surface area (Å²) in [5, 5.41) is 0. The molecule has 1 saturated heterocycles. The molecule has 0 bridgehead atoms. The summed E-state index contributed by atoms with van der Waals surface area (Å²) in [6.45, 7) is 7.92. The maximum Gasteiger partial charge on any atom is 0.227 e. The maximum atomic E-state index is 6.01. The van der Waals surface area contributed by atoms with Gasteiger partial charge in [0.2, 0.25) is 5.95 Å². The molecule has 1 aromatic heterocycles. The second-order valence-corrected chi connectivity index (χ2v) is 7.23. The average Bonchev–Trinajstić information content (AvgIpc) is 3.06. The first kappa shape index (κ1) is 16.3. The van der Waals surface area contributed by atoms with E-state index in [1.807, 2.05) is 12.3 Å². The molecule has 2 aliphatic heterocycles. The standard InChI is InChI=1S/C20H26N4O/c1-15(2)25-18-8-5-11-23(14-18)20-21-10-9-19(22-20)24-12-16-6-3-4-7-17(16)13-24/h3-4,6-7,9-10,15,18H,5,8,11-14H2,1-2H3. The van der Waals surface area contributed by atoms with Gasteiger partial charge in [-0.25, -0.2) is 4.98 Å². The molecule has 3 heterocycles. The summed E-state index contributed by atoms with van der Waals surface area (Å²) in [6.07, 6.45) is 4.67. The van der Waals surface area contributed by atoms with Crippen LogP contribution in [0.15, 0.2) is 36.5 Å². The van der Waals surface area contributed by atoms with E-state index in [1.165, 1.54) is 11.1 Å². The first-order chi connectivity index (χ1) is 12.2. The smallest absolute Gasteiger partial charge is 0.227 e. The molecule has 1 fully saturated rings. The molecular formula is C20H26N4O. The number of aromatic nitrogens is 2. The minimum absolute atomic E-state index is 0.264. The Labute approximate surface area is 149 Å². The molecule has 0 amide bonds. The minimum atomic E-state index is 0.264. The van der Waals surface area contributed by atoms with Gasteiger partial charge in [0.25, 0.3) is 0 Å². The molecule has 5 heteroatoms. The van der Waals surface area contributed by atoms with Crippen molar-refractivity contribution >= 4 is 11.8 Å². The molecule has 0 saturated carbocycles. The lowest BCUT2D eigenvalue weighted by atomic mass is 10.1. The van der Waals surface area contributed by atoms with Crippen molar-refractivity contribution in [2.24, 2.45) is 0 Å². The molecule has 2 aromatic rings. The van der Waals surface area contributed by atoms with Crippen LogP contribution in [0.4, 0.5) is 11.8 Å². The highest BCUT2D eigenvalue weighted by atomic mass is 16.5. The van der Waals surface area contributed by atoms with Gasteiger partial charge in [-0.05, 0) is 43.9 Å². The van der Waals surface area contributed by atoms with E-state index < -0.39 is 0 Å². The van der Waals surface area contributed by atoms with Crippen molar-refractivity contribution in [2.75, 3.05) is 22.9 Å². The molecule has 132 valence electrons. The van der Waals surface area contributed by atoms with E-state index >= 15 is 0 Å². The third kappa shape index (κ3) is 3.61. The van der Waals surface area contributed by atoms with Crippen LogP contribution in [0, 0.1) is 0 Å². The van der Waals surface area contributed by atoms with E-state index in [4.69, 9.17) is 9.72 Å². The maximum absolute atomic E-state index is 6.01. The Morgan fingerprint density at radius 3 is 2.56 bits per heavy atom. The Bertz CT molecular complexity index is 708. The third-order valence-electron chi connectivity index (χ3n) is 4.92. The van der Waals surface area contributed by atoms with Crippen molar-refractivity contribution in [3.05, 3.63) is 47.7 Å². The van der Waals surface area contributed by atoms with Gasteiger partial charge >= 0.3 is 0 Å². The van der Waals surface area contributed by atoms with Gasteiger partial charge in [-0.2, -0.15) is 4.98 Å². The summed E-state index contributed by atoms with van der Waals surface area (Å²) < 4.78 is 6.01. The number of hydrogen-bond acceptors (Lipinski definition) is 5. The minimum Gasteiger partial charge on any atom is -0.374 e. The number of anilines is 2. The van der Waals surface area contributed by atoms with Crippen LogP contribution in [0.1, 0.15) is 37.8 Å². The fourth-order valence-corrected chi connectivity index (χ4v) is 3.78. The summed E-state index contributed by atoms with van der Waals surface area (Å²) in [6, 6.07) is 10.6. The van der Waals surface area contributed by atoms with Crippen molar-refractivity contribution in [1.29, 1.82) is 0 Å². The van der Waals surface area contributed by atoms with Crippen molar-refractivity contribution in [2.45, 2.75) is 52.0 Å². The van der Waals surface area contributed by atoms with Gasteiger partial charge < -0.3 is 14.5 Å². The van der Waals surface area contributed by atoms with Gasteiger partial charge in [0.05, 0.1) is 12.2 Å². The number of hydrogen-bond donors (Lipinski definition) is 0. The van der Waals surface area contributed by atoms with E-state index in [9.17, 15) is 0 Å².